The Bertz CT molecular complexity index is 2220. The molecule has 2 aliphatic rings. The van der Waals surface area contributed by atoms with Gasteiger partial charge >= 0.3 is 0 Å². The maximum absolute atomic E-state index is 13.6. The van der Waals surface area contributed by atoms with Crippen LogP contribution >= 0.6 is 23.2 Å². The Morgan fingerprint density at radius 2 is 1.69 bits per heavy atom. The Labute approximate surface area is 309 Å². The molecule has 0 radical (unpaired) electrons. The molecule has 0 atom stereocenters. The molecular formula is C40H40Cl2N4O4S. The van der Waals surface area contributed by atoms with Crippen molar-refractivity contribution in [2.45, 2.75) is 38.0 Å². The van der Waals surface area contributed by atoms with Crippen LogP contribution in [0.2, 0.25) is 10.0 Å². The van der Waals surface area contributed by atoms with Gasteiger partial charge in [-0.05, 0) is 103 Å². The van der Waals surface area contributed by atoms with Gasteiger partial charge in [-0.15, -0.1) is 0 Å². The summed E-state index contributed by atoms with van der Waals surface area (Å²) >= 11 is 12.3. The molecule has 5 aromatic rings. The largest absolute Gasteiger partial charge is 0.456 e. The van der Waals surface area contributed by atoms with Gasteiger partial charge in [0.25, 0.3) is 15.9 Å². The third-order valence-corrected chi connectivity index (χ3v) is 11.6. The number of benzene rings is 4. The van der Waals surface area contributed by atoms with Crippen molar-refractivity contribution in [3.63, 3.8) is 0 Å². The zero-order valence-corrected chi connectivity index (χ0v) is 30.9. The van der Waals surface area contributed by atoms with Crippen LogP contribution in [0.25, 0.3) is 16.5 Å². The number of fused-ring (bicyclic) bond motifs is 1. The van der Waals surface area contributed by atoms with Crippen LogP contribution in [0.15, 0.2) is 108 Å². The summed E-state index contributed by atoms with van der Waals surface area (Å²) in [6.45, 7) is 8.96. The number of anilines is 1. The van der Waals surface area contributed by atoms with Crippen molar-refractivity contribution in [2.75, 3.05) is 37.6 Å². The number of H-pyrrole nitrogens is 1. The number of piperazine rings is 1. The lowest BCUT2D eigenvalue weighted by atomic mass is 9.72. The van der Waals surface area contributed by atoms with Crippen LogP contribution in [0.4, 0.5) is 5.69 Å². The molecule has 0 bridgehead atoms. The second-order valence-corrected chi connectivity index (χ2v) is 16.6. The summed E-state index contributed by atoms with van der Waals surface area (Å²) in [4.78, 5) is 21.4. The normalized spacial score (nSPS) is 16.7. The van der Waals surface area contributed by atoms with Crippen molar-refractivity contribution in [1.82, 2.24) is 14.6 Å². The molecule has 7 rings (SSSR count). The number of rotatable bonds is 9. The van der Waals surface area contributed by atoms with E-state index in [2.05, 4.69) is 45.5 Å². The summed E-state index contributed by atoms with van der Waals surface area (Å²) in [5.41, 5.74) is 6.40. The van der Waals surface area contributed by atoms with E-state index in [1.807, 2.05) is 54.7 Å². The first-order chi connectivity index (χ1) is 24.4. The molecule has 2 N–H and O–H groups in total. The molecule has 51 heavy (non-hydrogen) atoms. The van der Waals surface area contributed by atoms with Crippen LogP contribution in [-0.4, -0.2) is 56.9 Å². The second kappa shape index (κ2) is 14.4. The average Bonchev–Trinajstić information content (AvgIpc) is 3.58. The van der Waals surface area contributed by atoms with Crippen molar-refractivity contribution < 1.29 is 17.9 Å². The number of aromatic nitrogens is 1. The quantitative estimate of drug-likeness (QED) is 0.156. The minimum atomic E-state index is -4.19. The fourth-order valence-electron chi connectivity index (χ4n) is 6.97. The van der Waals surface area contributed by atoms with Crippen molar-refractivity contribution >= 4 is 61.3 Å². The molecule has 8 nitrogen and oxygen atoms in total. The van der Waals surface area contributed by atoms with E-state index in [1.165, 1.54) is 41.3 Å². The molecule has 1 aliphatic carbocycles. The number of sulfonamides is 1. The highest BCUT2D eigenvalue weighted by atomic mass is 35.5. The second-order valence-electron chi connectivity index (χ2n) is 14.1. The molecule has 4 aromatic carbocycles. The smallest absolute Gasteiger partial charge is 0.268 e. The van der Waals surface area contributed by atoms with Gasteiger partial charge in [0.15, 0.2) is 0 Å². The van der Waals surface area contributed by atoms with Crippen LogP contribution in [0.1, 0.15) is 49.0 Å². The van der Waals surface area contributed by atoms with E-state index < -0.39 is 15.9 Å². The van der Waals surface area contributed by atoms with Crippen LogP contribution in [0, 0.1) is 5.41 Å². The third kappa shape index (κ3) is 8.12. The summed E-state index contributed by atoms with van der Waals surface area (Å²) < 4.78 is 34.8. The fraction of sp³-hybridized carbons (Fsp3) is 0.275. The maximum atomic E-state index is 13.6. The number of allylic oxidation sites excluding steroid dienone is 1. The number of nitrogens with zero attached hydrogens (tertiary/aromatic N) is 2. The minimum Gasteiger partial charge on any atom is -0.456 e. The number of carbonyl (C=O) groups excluding carboxylic acids is 1. The van der Waals surface area contributed by atoms with Gasteiger partial charge in [-0.3, -0.25) is 9.69 Å². The first-order valence-corrected chi connectivity index (χ1v) is 19.3. The number of carbonyl (C=O) groups is 1. The van der Waals surface area contributed by atoms with Gasteiger partial charge in [-0.2, -0.15) is 0 Å². The highest BCUT2D eigenvalue weighted by molar-refractivity contribution is 7.90. The maximum Gasteiger partial charge on any atom is 0.268 e. The molecule has 264 valence electrons. The molecule has 0 unspecified atom stereocenters. The molecule has 0 saturated carbocycles. The van der Waals surface area contributed by atoms with E-state index in [0.29, 0.717) is 5.75 Å². The topological polar surface area (TPSA) is 94.7 Å². The van der Waals surface area contributed by atoms with Crippen molar-refractivity contribution in [3.05, 3.63) is 124 Å². The van der Waals surface area contributed by atoms with Gasteiger partial charge in [-0.25, -0.2) is 13.1 Å². The molecule has 2 heterocycles. The Balaban J connectivity index is 1.11. The number of ether oxygens (including phenoxy) is 1. The molecular weight excluding hydrogens is 703 g/mol. The van der Waals surface area contributed by atoms with E-state index in [1.54, 1.807) is 12.1 Å². The summed E-state index contributed by atoms with van der Waals surface area (Å²) in [7, 11) is -4.19. The average molecular weight is 744 g/mol. The minimum absolute atomic E-state index is 0.0963. The number of halogens is 2. The van der Waals surface area contributed by atoms with E-state index in [-0.39, 0.29) is 26.6 Å². The van der Waals surface area contributed by atoms with Gasteiger partial charge in [0.05, 0.1) is 10.5 Å². The fourth-order valence-corrected chi connectivity index (χ4v) is 8.36. The van der Waals surface area contributed by atoms with Gasteiger partial charge in [0.1, 0.15) is 11.5 Å². The van der Waals surface area contributed by atoms with Crippen LogP contribution in [-0.2, 0) is 10.0 Å². The summed E-state index contributed by atoms with van der Waals surface area (Å²) in [6, 6.07) is 26.8. The predicted molar refractivity (Wildman–Crippen MR) is 206 cm³/mol. The lowest BCUT2D eigenvalue weighted by molar-refractivity contribution is 0.0979. The number of hydrogen-bond donors (Lipinski definition) is 2. The Morgan fingerprint density at radius 3 is 2.45 bits per heavy atom. The number of aromatic amines is 1. The van der Waals surface area contributed by atoms with Crippen LogP contribution < -0.4 is 14.4 Å². The van der Waals surface area contributed by atoms with Crippen molar-refractivity contribution in [3.8, 4) is 11.5 Å². The standard InChI is InChI=1S/C40H40Cl2N4O4S/c1-40(2)16-14-29(36(25-40)27-6-8-30(41)9-7-27)26-45-18-20-46(21-19-45)32-10-12-35(39(47)44-51(48,49)34-5-3-4-31(42)23-34)38(24-32)50-33-11-13-37-28(22-33)15-17-43-37/h3-13,15,17,22-24,43H,14,16,18-21,25-26H2,1-2H3,(H,44,47). The number of nitrogens with one attached hydrogen (secondary N) is 2. The van der Waals surface area contributed by atoms with Gasteiger partial charge in [0, 0.05) is 71.6 Å². The van der Waals surface area contributed by atoms with E-state index >= 15 is 0 Å². The molecule has 11 heteroatoms. The highest BCUT2D eigenvalue weighted by Gasteiger charge is 2.30. The molecule has 1 fully saturated rings. The molecule has 1 aromatic heterocycles. The van der Waals surface area contributed by atoms with Gasteiger partial charge < -0.3 is 14.6 Å². The monoisotopic (exact) mass is 742 g/mol. The lowest BCUT2D eigenvalue weighted by Gasteiger charge is -2.39. The molecule has 0 spiro atoms. The summed E-state index contributed by atoms with van der Waals surface area (Å²) in [5, 5.41) is 1.95. The SMILES string of the molecule is CC1(C)CCC(CN2CCN(c3ccc(C(=O)NS(=O)(=O)c4cccc(Cl)c4)c(Oc4ccc5[nH]ccc5c4)c3)CC2)=C(c2ccc(Cl)cc2)C1. The molecule has 1 saturated heterocycles. The highest BCUT2D eigenvalue weighted by Crippen LogP contribution is 2.43. The number of amides is 1. The zero-order valence-electron chi connectivity index (χ0n) is 28.6. The Hall–Kier alpha value is -4.28. The zero-order chi connectivity index (χ0) is 35.8. The van der Waals surface area contributed by atoms with Crippen LogP contribution in [0.3, 0.4) is 0 Å². The Kier molecular flexibility index (Phi) is 9.91. The van der Waals surface area contributed by atoms with Crippen LogP contribution in [0.5, 0.6) is 11.5 Å². The number of hydrogen-bond acceptors (Lipinski definition) is 6. The van der Waals surface area contributed by atoms with Crippen molar-refractivity contribution in [1.29, 1.82) is 0 Å². The molecule has 1 aliphatic heterocycles. The van der Waals surface area contributed by atoms with Gasteiger partial charge in [0.2, 0.25) is 0 Å². The van der Waals surface area contributed by atoms with Crippen molar-refractivity contribution in [2.24, 2.45) is 5.41 Å². The first kappa shape index (κ1) is 35.1. The Morgan fingerprint density at radius 1 is 0.902 bits per heavy atom. The summed E-state index contributed by atoms with van der Waals surface area (Å²) in [5.74, 6) is -0.0214. The van der Waals surface area contributed by atoms with E-state index in [0.717, 1.165) is 67.2 Å². The van der Waals surface area contributed by atoms with E-state index in [9.17, 15) is 13.2 Å². The molecule has 1 amide bonds. The van der Waals surface area contributed by atoms with Gasteiger partial charge in [-0.1, -0.05) is 60.8 Å². The third-order valence-electron chi connectivity index (χ3n) is 9.83. The predicted octanol–water partition coefficient (Wildman–Crippen LogP) is 9.17. The lowest BCUT2D eigenvalue weighted by Crippen LogP contribution is -2.47. The van der Waals surface area contributed by atoms with E-state index in [4.69, 9.17) is 27.9 Å². The summed E-state index contributed by atoms with van der Waals surface area (Å²) in [6.07, 6.45) is 5.14. The first-order valence-electron chi connectivity index (χ1n) is 17.1.